The Kier molecular flexibility index (Phi) is 13.1. The van der Waals surface area contributed by atoms with Crippen LogP contribution in [0.4, 0.5) is 0 Å². The van der Waals surface area contributed by atoms with Crippen LogP contribution in [0, 0.1) is 0 Å². The molecule has 0 heterocycles. The van der Waals surface area contributed by atoms with E-state index in [4.69, 9.17) is 4.74 Å². The number of hydrogen-bond acceptors (Lipinski definition) is 3. The average molecular weight is 462 g/mol. The maximum absolute atomic E-state index is 12.2. The molecule has 0 aliphatic rings. The van der Waals surface area contributed by atoms with Gasteiger partial charge < -0.3 is 20.7 Å². The highest BCUT2D eigenvalue weighted by molar-refractivity contribution is 14.0. The van der Waals surface area contributed by atoms with E-state index in [-0.39, 0.29) is 35.9 Å². The van der Waals surface area contributed by atoms with Crippen LogP contribution in [0.25, 0.3) is 0 Å². The molecule has 0 spiro atoms. The Morgan fingerprint density at radius 2 is 2.04 bits per heavy atom. The number of rotatable bonds is 9. The summed E-state index contributed by atoms with van der Waals surface area (Å²) in [6.07, 6.45) is 0.912. The van der Waals surface area contributed by atoms with E-state index in [1.807, 2.05) is 38.1 Å². The van der Waals surface area contributed by atoms with Crippen LogP contribution in [0.3, 0.4) is 0 Å². The van der Waals surface area contributed by atoms with Crippen LogP contribution < -0.4 is 16.0 Å². The molecule has 0 radical (unpaired) electrons. The molecule has 0 aliphatic carbocycles. The third-order valence-corrected chi connectivity index (χ3v) is 3.54. The number of ether oxygens (including phenoxy) is 1. The lowest BCUT2D eigenvalue weighted by Gasteiger charge is -2.12. The highest BCUT2D eigenvalue weighted by Gasteiger charge is 2.08. The zero-order chi connectivity index (χ0) is 17.8. The SMILES string of the molecule is CCNC(=NCc1cccc(C(=O)NC(C)CC)c1)NCCOC.I. The number of hydrogen-bond donors (Lipinski definition) is 3. The number of halogens is 1. The number of carbonyl (C=O) groups excluding carboxylic acids is 1. The molecule has 0 fully saturated rings. The molecule has 1 atom stereocenters. The molecule has 25 heavy (non-hydrogen) atoms. The van der Waals surface area contributed by atoms with Crippen molar-refractivity contribution in [1.29, 1.82) is 0 Å². The number of guanidine groups is 1. The quantitative estimate of drug-likeness (QED) is 0.228. The Morgan fingerprint density at radius 3 is 2.68 bits per heavy atom. The second kappa shape index (κ2) is 13.9. The molecule has 0 aliphatic heterocycles. The Balaban J connectivity index is 0.00000576. The van der Waals surface area contributed by atoms with E-state index < -0.39 is 0 Å². The normalized spacial score (nSPS) is 12.1. The molecule has 0 saturated heterocycles. The topological polar surface area (TPSA) is 74.8 Å². The van der Waals surface area contributed by atoms with Crippen molar-refractivity contribution < 1.29 is 9.53 Å². The predicted octanol–water partition coefficient (Wildman–Crippen LogP) is 2.53. The minimum atomic E-state index is -0.0414. The first kappa shape index (κ1) is 23.6. The van der Waals surface area contributed by atoms with E-state index in [0.29, 0.717) is 25.3 Å². The zero-order valence-corrected chi connectivity index (χ0v) is 17.9. The van der Waals surface area contributed by atoms with Crippen molar-refractivity contribution in [2.24, 2.45) is 4.99 Å². The molecule has 1 aromatic rings. The number of nitrogens with zero attached hydrogens (tertiary/aromatic N) is 1. The third kappa shape index (κ3) is 9.64. The lowest BCUT2D eigenvalue weighted by atomic mass is 10.1. The van der Waals surface area contributed by atoms with Crippen LogP contribution in [0.1, 0.15) is 43.1 Å². The number of benzene rings is 1. The monoisotopic (exact) mass is 462 g/mol. The highest BCUT2D eigenvalue weighted by atomic mass is 127. The molecule has 1 unspecified atom stereocenters. The molecule has 0 saturated carbocycles. The number of amides is 1. The summed E-state index contributed by atoms with van der Waals surface area (Å²) < 4.78 is 5.03. The molecule has 3 N–H and O–H groups in total. The van der Waals surface area contributed by atoms with E-state index >= 15 is 0 Å². The molecule has 1 rings (SSSR count). The summed E-state index contributed by atoms with van der Waals surface area (Å²) in [6, 6.07) is 7.75. The molecule has 1 aromatic carbocycles. The molecule has 7 heteroatoms. The summed E-state index contributed by atoms with van der Waals surface area (Å²) in [6.45, 7) is 8.68. The molecule has 142 valence electrons. The van der Waals surface area contributed by atoms with Gasteiger partial charge in [-0.05, 0) is 38.0 Å². The van der Waals surface area contributed by atoms with Gasteiger partial charge in [0.25, 0.3) is 5.91 Å². The van der Waals surface area contributed by atoms with Crippen molar-refractivity contribution in [3.63, 3.8) is 0 Å². The second-order valence-corrected chi connectivity index (χ2v) is 5.60. The fourth-order valence-electron chi connectivity index (χ4n) is 2.00. The fraction of sp³-hybridized carbons (Fsp3) is 0.556. The first-order valence-corrected chi connectivity index (χ1v) is 8.51. The van der Waals surface area contributed by atoms with Gasteiger partial charge in [0.15, 0.2) is 5.96 Å². The van der Waals surface area contributed by atoms with Gasteiger partial charge in [-0.2, -0.15) is 0 Å². The zero-order valence-electron chi connectivity index (χ0n) is 15.6. The van der Waals surface area contributed by atoms with Gasteiger partial charge >= 0.3 is 0 Å². The van der Waals surface area contributed by atoms with Crippen LogP contribution in [0.2, 0.25) is 0 Å². The molecule has 6 nitrogen and oxygen atoms in total. The summed E-state index contributed by atoms with van der Waals surface area (Å²) in [4.78, 5) is 16.7. The lowest BCUT2D eigenvalue weighted by molar-refractivity contribution is 0.0939. The first-order valence-electron chi connectivity index (χ1n) is 8.51. The molecule has 1 amide bonds. The number of carbonyl (C=O) groups is 1. The summed E-state index contributed by atoms with van der Waals surface area (Å²) >= 11 is 0. The Hall–Kier alpha value is -1.35. The van der Waals surface area contributed by atoms with Gasteiger partial charge in [0.05, 0.1) is 13.2 Å². The minimum Gasteiger partial charge on any atom is -0.383 e. The van der Waals surface area contributed by atoms with Crippen molar-refractivity contribution in [2.45, 2.75) is 39.8 Å². The van der Waals surface area contributed by atoms with Crippen LogP contribution in [0.15, 0.2) is 29.3 Å². The van der Waals surface area contributed by atoms with Crippen molar-refractivity contribution >= 4 is 35.8 Å². The van der Waals surface area contributed by atoms with Crippen LogP contribution in [-0.4, -0.2) is 44.7 Å². The van der Waals surface area contributed by atoms with E-state index in [2.05, 4.69) is 27.9 Å². The van der Waals surface area contributed by atoms with E-state index in [0.717, 1.165) is 24.5 Å². The van der Waals surface area contributed by atoms with E-state index in [9.17, 15) is 4.79 Å². The lowest BCUT2D eigenvalue weighted by Crippen LogP contribution is -2.38. The smallest absolute Gasteiger partial charge is 0.251 e. The maximum Gasteiger partial charge on any atom is 0.251 e. The van der Waals surface area contributed by atoms with E-state index in [1.54, 1.807) is 7.11 Å². The van der Waals surface area contributed by atoms with Crippen molar-refractivity contribution in [3.8, 4) is 0 Å². The number of nitrogens with one attached hydrogen (secondary N) is 3. The summed E-state index contributed by atoms with van der Waals surface area (Å²) in [5.74, 6) is 0.698. The minimum absolute atomic E-state index is 0. The Labute approximate surface area is 168 Å². The van der Waals surface area contributed by atoms with Crippen LogP contribution in [-0.2, 0) is 11.3 Å². The van der Waals surface area contributed by atoms with Crippen molar-refractivity contribution in [3.05, 3.63) is 35.4 Å². The molecule has 0 aromatic heterocycles. The maximum atomic E-state index is 12.2. The third-order valence-electron chi connectivity index (χ3n) is 3.54. The standard InChI is InChI=1S/C18H30N4O2.HI/c1-5-14(3)22-17(23)16-9-7-8-15(12-16)13-21-18(19-6-2)20-10-11-24-4;/h7-9,12,14H,5-6,10-11,13H2,1-4H3,(H,22,23)(H2,19,20,21);1H. The van der Waals surface area contributed by atoms with Crippen molar-refractivity contribution in [2.75, 3.05) is 26.8 Å². The van der Waals surface area contributed by atoms with Gasteiger partial charge in [0.1, 0.15) is 0 Å². The largest absolute Gasteiger partial charge is 0.383 e. The predicted molar refractivity (Wildman–Crippen MR) is 114 cm³/mol. The van der Waals surface area contributed by atoms with Crippen LogP contribution >= 0.6 is 24.0 Å². The summed E-state index contributed by atoms with van der Waals surface area (Å²) in [5.41, 5.74) is 1.66. The number of methoxy groups -OCH3 is 1. The molecular weight excluding hydrogens is 431 g/mol. The highest BCUT2D eigenvalue weighted by Crippen LogP contribution is 2.07. The second-order valence-electron chi connectivity index (χ2n) is 5.60. The average Bonchev–Trinajstić information content (AvgIpc) is 2.60. The van der Waals surface area contributed by atoms with Gasteiger partial charge in [-0.3, -0.25) is 4.79 Å². The Morgan fingerprint density at radius 1 is 1.28 bits per heavy atom. The summed E-state index contributed by atoms with van der Waals surface area (Å²) in [5, 5.41) is 9.36. The van der Waals surface area contributed by atoms with Crippen molar-refractivity contribution in [1.82, 2.24) is 16.0 Å². The summed E-state index contributed by atoms with van der Waals surface area (Å²) in [7, 11) is 1.67. The Bertz CT molecular complexity index is 538. The number of aliphatic imine (C=N–C) groups is 1. The molecule has 0 bridgehead atoms. The first-order chi connectivity index (χ1) is 11.6. The van der Waals surface area contributed by atoms with Gasteiger partial charge in [-0.25, -0.2) is 4.99 Å². The van der Waals surface area contributed by atoms with Gasteiger partial charge in [-0.15, -0.1) is 24.0 Å². The fourth-order valence-corrected chi connectivity index (χ4v) is 2.00. The van der Waals surface area contributed by atoms with Gasteiger partial charge in [-0.1, -0.05) is 19.1 Å². The van der Waals surface area contributed by atoms with Gasteiger partial charge in [0, 0.05) is 31.8 Å². The van der Waals surface area contributed by atoms with E-state index in [1.165, 1.54) is 0 Å². The van der Waals surface area contributed by atoms with Gasteiger partial charge in [0.2, 0.25) is 0 Å². The molecular formula is C18H31IN4O2. The van der Waals surface area contributed by atoms with Crippen LogP contribution in [0.5, 0.6) is 0 Å².